The van der Waals surface area contributed by atoms with E-state index in [-0.39, 0.29) is 36.1 Å². The summed E-state index contributed by atoms with van der Waals surface area (Å²) in [5, 5.41) is 11.4. The summed E-state index contributed by atoms with van der Waals surface area (Å²) in [6.07, 6.45) is 3.65. The van der Waals surface area contributed by atoms with Crippen molar-refractivity contribution >= 4 is 58.5 Å². The average Bonchev–Trinajstić information content (AvgIpc) is 3.13. The maximum absolute atomic E-state index is 13.5. The highest BCUT2D eigenvalue weighted by Crippen LogP contribution is 2.40. The third-order valence-corrected chi connectivity index (χ3v) is 8.11. The molecule has 2 aromatic heterocycles. The quantitative estimate of drug-likeness (QED) is 0.410. The van der Waals surface area contributed by atoms with Crippen molar-refractivity contribution in [1.82, 2.24) is 19.4 Å². The molecule has 1 fully saturated rings. The van der Waals surface area contributed by atoms with E-state index in [0.717, 1.165) is 48.2 Å². The summed E-state index contributed by atoms with van der Waals surface area (Å²) >= 11 is 12.6. The number of carbonyl (C=O) groups is 2. The number of hydrogen-bond acceptors (Lipinski definition) is 4. The van der Waals surface area contributed by atoms with Gasteiger partial charge in [-0.1, -0.05) is 37.0 Å². The Balaban J connectivity index is 0.00000336. The molecule has 0 radical (unpaired) electrons. The summed E-state index contributed by atoms with van der Waals surface area (Å²) in [6.45, 7) is 7.94. The van der Waals surface area contributed by atoms with Gasteiger partial charge in [-0.15, -0.1) is 12.4 Å². The minimum Gasteiger partial charge on any atom is -0.481 e. The lowest BCUT2D eigenvalue weighted by Gasteiger charge is -2.40. The summed E-state index contributed by atoms with van der Waals surface area (Å²) < 4.78 is 2.20. The van der Waals surface area contributed by atoms with Crippen LogP contribution in [0.2, 0.25) is 10.0 Å². The van der Waals surface area contributed by atoms with E-state index in [2.05, 4.69) is 29.4 Å². The van der Waals surface area contributed by atoms with Gasteiger partial charge in [-0.2, -0.15) is 0 Å². The highest BCUT2D eigenvalue weighted by Gasteiger charge is 2.39. The molecule has 1 N–H and O–H groups in total. The average molecular weight is 580 g/mol. The lowest BCUT2D eigenvalue weighted by Crippen LogP contribution is -2.49. The van der Waals surface area contributed by atoms with Crippen molar-refractivity contribution in [3.63, 3.8) is 0 Å². The predicted octanol–water partition coefficient (Wildman–Crippen LogP) is 5.62. The second-order valence-corrected chi connectivity index (χ2v) is 11.9. The first kappa shape index (κ1) is 28.7. The zero-order chi connectivity index (χ0) is 26.3. The smallest absolute Gasteiger partial charge is 0.303 e. The van der Waals surface area contributed by atoms with Crippen LogP contribution in [0.25, 0.3) is 11.0 Å². The molecule has 3 aromatic rings. The van der Waals surface area contributed by atoms with E-state index in [1.807, 2.05) is 23.1 Å². The van der Waals surface area contributed by atoms with E-state index in [4.69, 9.17) is 33.3 Å². The highest BCUT2D eigenvalue weighted by atomic mass is 35.5. The van der Waals surface area contributed by atoms with E-state index in [1.54, 1.807) is 12.3 Å². The number of aliphatic carboxylic acids is 1. The molecule has 1 saturated heterocycles. The Kier molecular flexibility index (Phi) is 8.62. The van der Waals surface area contributed by atoms with Crippen molar-refractivity contribution in [2.24, 2.45) is 5.92 Å². The Bertz CT molecular complexity index is 1330. The predicted molar refractivity (Wildman–Crippen MR) is 152 cm³/mol. The molecule has 0 spiro atoms. The molecule has 0 atom stereocenters. The van der Waals surface area contributed by atoms with Crippen LogP contribution >= 0.6 is 35.6 Å². The fourth-order valence-electron chi connectivity index (χ4n) is 6.06. The Morgan fingerprint density at radius 1 is 1.13 bits per heavy atom. The molecular formula is C28H33Cl3N4O3. The maximum atomic E-state index is 13.5. The highest BCUT2D eigenvalue weighted by molar-refractivity contribution is 6.34. The van der Waals surface area contributed by atoms with Gasteiger partial charge in [0.2, 0.25) is 5.91 Å². The molecule has 38 heavy (non-hydrogen) atoms. The lowest BCUT2D eigenvalue weighted by atomic mass is 9.79. The summed E-state index contributed by atoms with van der Waals surface area (Å²) in [4.78, 5) is 33.4. The van der Waals surface area contributed by atoms with Crippen LogP contribution in [0, 0.1) is 5.92 Å². The second-order valence-electron chi connectivity index (χ2n) is 11.0. The third-order valence-electron chi connectivity index (χ3n) is 7.67. The number of amides is 1. The normalized spacial score (nSPS) is 17.7. The fraction of sp³-hybridized carbons (Fsp3) is 0.464. The number of carboxylic acids is 1. The van der Waals surface area contributed by atoms with E-state index in [9.17, 15) is 9.59 Å². The Labute approximate surface area is 239 Å². The van der Waals surface area contributed by atoms with Gasteiger partial charge in [0.05, 0.1) is 13.1 Å². The minimum atomic E-state index is -0.745. The molecule has 7 nitrogen and oxygen atoms in total. The molecule has 0 unspecified atom stereocenters. The van der Waals surface area contributed by atoms with Crippen LogP contribution in [0.3, 0.4) is 0 Å². The maximum Gasteiger partial charge on any atom is 0.303 e. The van der Waals surface area contributed by atoms with Gasteiger partial charge in [-0.3, -0.25) is 14.5 Å². The third kappa shape index (κ3) is 5.96. The standard InChI is InChI=1S/C28H32Cl2N4O3.ClH/c1-28(2)17-33(24(35)16-32-8-5-18(6-9-32)12-25(36)37)15-23-26(28)22-4-3-7-31-27(22)34(23)14-19-10-20(29)13-21(30)11-19;/h3-4,7,10-11,13,18H,5-6,8-9,12,14-17H2,1-2H3,(H,36,37);1H. The van der Waals surface area contributed by atoms with Gasteiger partial charge < -0.3 is 14.6 Å². The zero-order valence-electron chi connectivity index (χ0n) is 21.6. The Morgan fingerprint density at radius 3 is 2.47 bits per heavy atom. The van der Waals surface area contributed by atoms with Gasteiger partial charge in [0, 0.05) is 52.2 Å². The Morgan fingerprint density at radius 2 is 1.82 bits per heavy atom. The topological polar surface area (TPSA) is 78.7 Å². The van der Waals surface area contributed by atoms with Crippen LogP contribution in [0.5, 0.6) is 0 Å². The molecule has 10 heteroatoms. The molecule has 1 aromatic carbocycles. The summed E-state index contributed by atoms with van der Waals surface area (Å²) in [7, 11) is 0. The van der Waals surface area contributed by atoms with E-state index >= 15 is 0 Å². The van der Waals surface area contributed by atoms with Crippen LogP contribution in [0.1, 0.15) is 49.9 Å². The minimum absolute atomic E-state index is 0. The van der Waals surface area contributed by atoms with Crippen LogP contribution in [0.4, 0.5) is 0 Å². The first-order chi connectivity index (χ1) is 17.6. The molecule has 2 aliphatic heterocycles. The molecule has 0 saturated carbocycles. The second kappa shape index (κ2) is 11.4. The summed E-state index contributed by atoms with van der Waals surface area (Å²) in [5.74, 6) is -0.444. The number of rotatable bonds is 6. The van der Waals surface area contributed by atoms with Crippen LogP contribution in [-0.2, 0) is 28.1 Å². The van der Waals surface area contributed by atoms with E-state index in [1.165, 1.54) is 5.56 Å². The number of nitrogens with zero attached hydrogens (tertiary/aromatic N) is 4. The van der Waals surface area contributed by atoms with Gasteiger partial charge in [-0.05, 0) is 73.3 Å². The van der Waals surface area contributed by atoms with Crippen LogP contribution < -0.4 is 0 Å². The van der Waals surface area contributed by atoms with Crippen molar-refractivity contribution in [3.8, 4) is 0 Å². The number of carbonyl (C=O) groups excluding carboxylic acids is 1. The largest absolute Gasteiger partial charge is 0.481 e. The zero-order valence-corrected chi connectivity index (χ0v) is 24.0. The molecule has 2 aliphatic rings. The number of fused-ring (bicyclic) bond motifs is 3. The number of carboxylic acid groups (broad SMARTS) is 1. The van der Waals surface area contributed by atoms with Gasteiger partial charge in [0.15, 0.2) is 0 Å². The number of likely N-dealkylation sites (tertiary alicyclic amines) is 1. The molecular weight excluding hydrogens is 547 g/mol. The molecule has 4 heterocycles. The monoisotopic (exact) mass is 578 g/mol. The van der Waals surface area contributed by atoms with Crippen LogP contribution in [0.15, 0.2) is 36.5 Å². The van der Waals surface area contributed by atoms with Crippen LogP contribution in [-0.4, -0.2) is 62.5 Å². The van der Waals surface area contributed by atoms with Gasteiger partial charge in [0.1, 0.15) is 5.65 Å². The molecule has 204 valence electrons. The van der Waals surface area contributed by atoms with Crippen molar-refractivity contribution in [2.75, 3.05) is 26.2 Å². The van der Waals surface area contributed by atoms with E-state index < -0.39 is 5.97 Å². The van der Waals surface area contributed by atoms with Gasteiger partial charge >= 0.3 is 5.97 Å². The first-order valence-corrected chi connectivity index (χ1v) is 13.5. The number of benzene rings is 1. The van der Waals surface area contributed by atoms with Gasteiger partial charge in [-0.25, -0.2) is 4.98 Å². The molecule has 0 aliphatic carbocycles. The fourth-order valence-corrected chi connectivity index (χ4v) is 6.63. The number of hydrogen-bond donors (Lipinski definition) is 1. The first-order valence-electron chi connectivity index (χ1n) is 12.7. The summed E-state index contributed by atoms with van der Waals surface area (Å²) in [6, 6.07) is 9.63. The van der Waals surface area contributed by atoms with Gasteiger partial charge in [0.25, 0.3) is 0 Å². The number of aromatic nitrogens is 2. The Hall–Kier alpha value is -2.32. The van der Waals surface area contributed by atoms with Crippen molar-refractivity contribution < 1.29 is 14.7 Å². The lowest BCUT2D eigenvalue weighted by molar-refractivity contribution is -0.139. The molecule has 0 bridgehead atoms. The van der Waals surface area contributed by atoms with Crippen molar-refractivity contribution in [1.29, 1.82) is 0 Å². The number of halogens is 3. The van der Waals surface area contributed by atoms with Crippen molar-refractivity contribution in [3.05, 3.63) is 63.4 Å². The van der Waals surface area contributed by atoms with Crippen molar-refractivity contribution in [2.45, 2.75) is 51.6 Å². The summed E-state index contributed by atoms with van der Waals surface area (Å²) in [5.41, 5.74) is 3.95. The number of pyridine rings is 1. The molecule has 5 rings (SSSR count). The van der Waals surface area contributed by atoms with E-state index in [0.29, 0.717) is 36.2 Å². The number of piperidine rings is 1. The SMILES string of the molecule is CC1(C)CN(C(=O)CN2CCC(CC(=O)O)CC2)Cc2c1c1cccnc1n2Cc1cc(Cl)cc(Cl)c1.Cl. The molecule has 1 amide bonds.